The van der Waals surface area contributed by atoms with Gasteiger partial charge in [0, 0.05) is 6.54 Å². The Hall–Kier alpha value is -3.15. The number of nitrogens with two attached hydrogens (primary N) is 1. The van der Waals surface area contributed by atoms with Crippen LogP contribution in [0.3, 0.4) is 0 Å². The molecule has 3 aromatic rings. The summed E-state index contributed by atoms with van der Waals surface area (Å²) in [5.74, 6) is 1.17. The Morgan fingerprint density at radius 2 is 1.54 bits per heavy atom. The number of hydrogen-bond acceptors (Lipinski definition) is 6. The molecule has 6 heteroatoms. The molecule has 0 saturated carbocycles. The van der Waals surface area contributed by atoms with Crippen molar-refractivity contribution in [3.05, 3.63) is 71.8 Å². The van der Waals surface area contributed by atoms with Crippen LogP contribution in [0.4, 0.5) is 17.8 Å². The smallest absolute Gasteiger partial charge is 0.229 e. The van der Waals surface area contributed by atoms with Crippen molar-refractivity contribution in [3.63, 3.8) is 0 Å². The van der Waals surface area contributed by atoms with Gasteiger partial charge in [-0.15, -0.1) is 0 Å². The van der Waals surface area contributed by atoms with E-state index in [1.807, 2.05) is 36.4 Å². The standard InChI is InChI=1S/C20H24N6/c1-2-17(16-11-7-4-8-12-16)23-20-25-18(21)24-19(26-20)22-14-13-15-9-5-3-6-10-15/h3-12,17H,2,13-14H2,1H3,(H4,21,22,23,24,25,26)/t17-/m0/s1. The van der Waals surface area contributed by atoms with Crippen LogP contribution >= 0.6 is 0 Å². The van der Waals surface area contributed by atoms with E-state index in [9.17, 15) is 0 Å². The van der Waals surface area contributed by atoms with Gasteiger partial charge in [-0.3, -0.25) is 0 Å². The lowest BCUT2D eigenvalue weighted by Crippen LogP contribution is -2.16. The van der Waals surface area contributed by atoms with E-state index in [0.717, 1.165) is 19.4 Å². The third-order valence-electron chi connectivity index (χ3n) is 4.11. The van der Waals surface area contributed by atoms with Crippen molar-refractivity contribution in [1.29, 1.82) is 0 Å². The molecule has 26 heavy (non-hydrogen) atoms. The first kappa shape index (κ1) is 17.7. The summed E-state index contributed by atoms with van der Waals surface area (Å²) in [5, 5.41) is 6.58. The molecule has 134 valence electrons. The molecule has 0 aliphatic rings. The van der Waals surface area contributed by atoms with Crippen LogP contribution in [0.25, 0.3) is 0 Å². The number of anilines is 3. The van der Waals surface area contributed by atoms with Gasteiger partial charge in [-0.1, -0.05) is 67.6 Å². The molecule has 0 fully saturated rings. The molecular weight excluding hydrogens is 324 g/mol. The van der Waals surface area contributed by atoms with Crippen LogP contribution in [0.2, 0.25) is 0 Å². The van der Waals surface area contributed by atoms with Gasteiger partial charge >= 0.3 is 0 Å². The second-order valence-electron chi connectivity index (χ2n) is 6.02. The predicted molar refractivity (Wildman–Crippen MR) is 106 cm³/mol. The van der Waals surface area contributed by atoms with Gasteiger partial charge in [0.2, 0.25) is 17.8 Å². The van der Waals surface area contributed by atoms with Crippen molar-refractivity contribution >= 4 is 17.8 Å². The first-order valence-corrected chi connectivity index (χ1v) is 8.85. The van der Waals surface area contributed by atoms with E-state index in [2.05, 4.69) is 56.8 Å². The minimum Gasteiger partial charge on any atom is -0.368 e. The van der Waals surface area contributed by atoms with Crippen LogP contribution < -0.4 is 16.4 Å². The molecule has 0 aliphatic heterocycles. The second kappa shape index (κ2) is 8.80. The van der Waals surface area contributed by atoms with Gasteiger partial charge in [-0.2, -0.15) is 15.0 Å². The zero-order valence-corrected chi connectivity index (χ0v) is 14.9. The molecular formula is C20H24N6. The summed E-state index contributed by atoms with van der Waals surface area (Å²) in [6, 6.07) is 20.6. The summed E-state index contributed by atoms with van der Waals surface area (Å²) < 4.78 is 0. The highest BCUT2D eigenvalue weighted by Crippen LogP contribution is 2.21. The molecule has 4 N–H and O–H groups in total. The van der Waals surface area contributed by atoms with Gasteiger partial charge in [-0.25, -0.2) is 0 Å². The second-order valence-corrected chi connectivity index (χ2v) is 6.02. The fourth-order valence-electron chi connectivity index (χ4n) is 2.76. The van der Waals surface area contributed by atoms with Crippen LogP contribution in [0.15, 0.2) is 60.7 Å². The highest BCUT2D eigenvalue weighted by Gasteiger charge is 2.12. The Kier molecular flexibility index (Phi) is 5.98. The predicted octanol–water partition coefficient (Wildman–Crippen LogP) is 3.67. The molecule has 0 unspecified atom stereocenters. The lowest BCUT2D eigenvalue weighted by atomic mass is 10.1. The number of hydrogen-bond donors (Lipinski definition) is 3. The van der Waals surface area contributed by atoms with Crippen LogP contribution in [0.5, 0.6) is 0 Å². The number of nitrogen functional groups attached to an aromatic ring is 1. The molecule has 0 radical (unpaired) electrons. The minimum absolute atomic E-state index is 0.121. The van der Waals surface area contributed by atoms with Crippen molar-refractivity contribution in [3.8, 4) is 0 Å². The average Bonchev–Trinajstić information content (AvgIpc) is 2.67. The molecule has 0 spiro atoms. The van der Waals surface area contributed by atoms with Crippen LogP contribution in [-0.2, 0) is 6.42 Å². The zero-order valence-electron chi connectivity index (χ0n) is 14.9. The van der Waals surface area contributed by atoms with Gasteiger partial charge in [0.25, 0.3) is 0 Å². The van der Waals surface area contributed by atoms with Gasteiger partial charge in [-0.05, 0) is 24.0 Å². The fourth-order valence-corrected chi connectivity index (χ4v) is 2.76. The fraction of sp³-hybridized carbons (Fsp3) is 0.250. The Labute approximate surface area is 153 Å². The summed E-state index contributed by atoms with van der Waals surface area (Å²) in [6.45, 7) is 2.84. The summed E-state index contributed by atoms with van der Waals surface area (Å²) in [5.41, 5.74) is 8.30. The lowest BCUT2D eigenvalue weighted by Gasteiger charge is -2.18. The highest BCUT2D eigenvalue weighted by atomic mass is 15.2. The monoisotopic (exact) mass is 348 g/mol. The number of benzene rings is 2. The van der Waals surface area contributed by atoms with Crippen LogP contribution in [0, 0.1) is 0 Å². The Morgan fingerprint density at radius 3 is 2.23 bits per heavy atom. The largest absolute Gasteiger partial charge is 0.368 e. The maximum absolute atomic E-state index is 5.86. The van der Waals surface area contributed by atoms with E-state index in [0.29, 0.717) is 11.9 Å². The molecule has 3 rings (SSSR count). The third kappa shape index (κ3) is 4.92. The Morgan fingerprint density at radius 1 is 0.885 bits per heavy atom. The van der Waals surface area contributed by atoms with Crippen molar-refractivity contribution < 1.29 is 0 Å². The summed E-state index contributed by atoms with van der Waals surface area (Å²) in [7, 11) is 0. The van der Waals surface area contributed by atoms with Gasteiger partial charge < -0.3 is 16.4 Å². The first-order chi connectivity index (χ1) is 12.7. The van der Waals surface area contributed by atoms with Crippen molar-refractivity contribution in [1.82, 2.24) is 15.0 Å². The molecule has 0 aliphatic carbocycles. The van der Waals surface area contributed by atoms with E-state index in [4.69, 9.17) is 5.73 Å². The SMILES string of the molecule is CC[C@H](Nc1nc(N)nc(NCCc2ccccc2)n1)c1ccccc1. The Bertz CT molecular complexity index is 807. The molecule has 0 saturated heterocycles. The van der Waals surface area contributed by atoms with Gasteiger partial charge in [0.1, 0.15) is 0 Å². The number of nitrogens with one attached hydrogen (secondary N) is 2. The average molecular weight is 348 g/mol. The van der Waals surface area contributed by atoms with E-state index in [1.54, 1.807) is 0 Å². The van der Waals surface area contributed by atoms with E-state index < -0.39 is 0 Å². The maximum atomic E-state index is 5.86. The molecule has 6 nitrogen and oxygen atoms in total. The molecule has 1 heterocycles. The van der Waals surface area contributed by atoms with E-state index in [-0.39, 0.29) is 12.0 Å². The number of rotatable bonds is 8. The topological polar surface area (TPSA) is 88.8 Å². The van der Waals surface area contributed by atoms with E-state index >= 15 is 0 Å². The normalized spacial score (nSPS) is 11.7. The number of nitrogens with zero attached hydrogens (tertiary/aromatic N) is 3. The molecule has 0 bridgehead atoms. The first-order valence-electron chi connectivity index (χ1n) is 8.85. The quantitative estimate of drug-likeness (QED) is 0.575. The minimum atomic E-state index is 0.121. The third-order valence-corrected chi connectivity index (χ3v) is 4.11. The van der Waals surface area contributed by atoms with Gasteiger partial charge in [0.15, 0.2) is 0 Å². The molecule has 0 amide bonds. The summed E-state index contributed by atoms with van der Waals surface area (Å²) in [6.07, 6.45) is 1.79. The van der Waals surface area contributed by atoms with Crippen LogP contribution in [-0.4, -0.2) is 21.5 Å². The van der Waals surface area contributed by atoms with Gasteiger partial charge in [0.05, 0.1) is 6.04 Å². The Balaban J connectivity index is 1.65. The molecule has 2 aromatic carbocycles. The highest BCUT2D eigenvalue weighted by molar-refractivity contribution is 5.42. The zero-order chi connectivity index (χ0) is 18.2. The lowest BCUT2D eigenvalue weighted by molar-refractivity contribution is 0.737. The van der Waals surface area contributed by atoms with Crippen molar-refractivity contribution in [2.75, 3.05) is 22.9 Å². The van der Waals surface area contributed by atoms with Crippen molar-refractivity contribution in [2.24, 2.45) is 0 Å². The van der Waals surface area contributed by atoms with Crippen LogP contribution in [0.1, 0.15) is 30.5 Å². The maximum Gasteiger partial charge on any atom is 0.229 e. The van der Waals surface area contributed by atoms with Crippen molar-refractivity contribution in [2.45, 2.75) is 25.8 Å². The molecule has 1 aromatic heterocycles. The summed E-state index contributed by atoms with van der Waals surface area (Å²) >= 11 is 0. The molecule has 1 atom stereocenters. The van der Waals surface area contributed by atoms with E-state index in [1.165, 1.54) is 11.1 Å². The number of aromatic nitrogens is 3. The summed E-state index contributed by atoms with van der Waals surface area (Å²) in [4.78, 5) is 12.8.